The van der Waals surface area contributed by atoms with E-state index in [1.807, 2.05) is 30.3 Å². The van der Waals surface area contributed by atoms with Crippen molar-refractivity contribution in [1.29, 1.82) is 0 Å². The molecular formula is C11H14BrNO2S. The number of hydrogen-bond donors (Lipinski definition) is 1. The molecule has 1 aliphatic rings. The summed E-state index contributed by atoms with van der Waals surface area (Å²) in [5.41, 5.74) is 1.08. The first kappa shape index (κ1) is 12.1. The first-order valence-corrected chi connectivity index (χ1v) is 7.73. The second kappa shape index (κ2) is 4.85. The van der Waals surface area contributed by atoms with Crippen molar-refractivity contribution in [2.75, 3.05) is 6.54 Å². The fourth-order valence-corrected chi connectivity index (χ4v) is 3.54. The summed E-state index contributed by atoms with van der Waals surface area (Å²) in [5.74, 6) is 0. The molecule has 1 atom stereocenters. The topological polar surface area (TPSA) is 46.2 Å². The normalized spacial score (nSPS) is 18.3. The fraction of sp³-hybridized carbons (Fsp3) is 0.455. The van der Waals surface area contributed by atoms with Crippen molar-refractivity contribution in [3.05, 3.63) is 35.9 Å². The number of hydrogen-bond acceptors (Lipinski definition) is 2. The molecule has 2 rings (SSSR count). The largest absolute Gasteiger partial charge is 0.214 e. The van der Waals surface area contributed by atoms with Gasteiger partial charge in [-0.1, -0.05) is 46.3 Å². The summed E-state index contributed by atoms with van der Waals surface area (Å²) in [6, 6.07) is 9.78. The lowest BCUT2D eigenvalue weighted by molar-refractivity contribution is 0.580. The van der Waals surface area contributed by atoms with Crippen LogP contribution in [0.3, 0.4) is 0 Å². The monoisotopic (exact) mass is 303 g/mol. The summed E-state index contributed by atoms with van der Waals surface area (Å²) in [6.45, 7) is 0.406. The maximum absolute atomic E-state index is 11.6. The SMILES string of the molecule is O=S(=O)(NCC(Br)c1ccccc1)C1CC1. The zero-order valence-corrected chi connectivity index (χ0v) is 11.2. The predicted molar refractivity (Wildman–Crippen MR) is 68.1 cm³/mol. The minimum absolute atomic E-state index is 0.0298. The number of sulfonamides is 1. The molecule has 0 heterocycles. The second-order valence-electron chi connectivity index (χ2n) is 3.97. The third-order valence-electron chi connectivity index (χ3n) is 2.59. The first-order chi connectivity index (χ1) is 7.59. The van der Waals surface area contributed by atoms with Crippen LogP contribution in [0.15, 0.2) is 30.3 Å². The highest BCUT2D eigenvalue weighted by Crippen LogP contribution is 2.28. The van der Waals surface area contributed by atoms with Gasteiger partial charge in [0.1, 0.15) is 0 Å². The molecular weight excluding hydrogens is 290 g/mol. The molecule has 0 aliphatic heterocycles. The van der Waals surface area contributed by atoms with E-state index < -0.39 is 10.0 Å². The Morgan fingerprint density at radius 3 is 2.50 bits per heavy atom. The Morgan fingerprint density at radius 2 is 1.94 bits per heavy atom. The summed E-state index contributed by atoms with van der Waals surface area (Å²) in [5, 5.41) is -0.150. The number of rotatable bonds is 5. The molecule has 1 aromatic carbocycles. The molecule has 88 valence electrons. The molecule has 1 N–H and O–H groups in total. The smallest absolute Gasteiger partial charge is 0.214 e. The van der Waals surface area contributed by atoms with Crippen molar-refractivity contribution in [3.63, 3.8) is 0 Å². The molecule has 0 bridgehead atoms. The van der Waals surface area contributed by atoms with Gasteiger partial charge in [0.15, 0.2) is 0 Å². The molecule has 1 aromatic rings. The van der Waals surface area contributed by atoms with Crippen molar-refractivity contribution in [3.8, 4) is 0 Å². The van der Waals surface area contributed by atoms with Crippen molar-refractivity contribution in [1.82, 2.24) is 4.72 Å². The van der Waals surface area contributed by atoms with E-state index in [-0.39, 0.29) is 10.1 Å². The number of nitrogens with one attached hydrogen (secondary N) is 1. The minimum Gasteiger partial charge on any atom is -0.214 e. The van der Waals surface area contributed by atoms with Gasteiger partial charge in [0.05, 0.1) is 10.1 Å². The molecule has 1 aliphatic carbocycles. The van der Waals surface area contributed by atoms with Crippen LogP contribution < -0.4 is 4.72 Å². The van der Waals surface area contributed by atoms with Gasteiger partial charge in [0.25, 0.3) is 0 Å². The summed E-state index contributed by atoms with van der Waals surface area (Å²) in [7, 11) is -3.07. The van der Waals surface area contributed by atoms with Crippen LogP contribution in [-0.2, 0) is 10.0 Å². The third-order valence-corrected chi connectivity index (χ3v) is 5.36. The molecule has 0 aromatic heterocycles. The maximum Gasteiger partial charge on any atom is 0.214 e. The van der Waals surface area contributed by atoms with Crippen LogP contribution in [0, 0.1) is 0 Å². The lowest BCUT2D eigenvalue weighted by Gasteiger charge is -2.11. The van der Waals surface area contributed by atoms with Gasteiger partial charge in [-0.15, -0.1) is 0 Å². The number of benzene rings is 1. The standard InChI is InChI=1S/C11H14BrNO2S/c12-11(9-4-2-1-3-5-9)8-13-16(14,15)10-6-7-10/h1-5,10-11,13H,6-8H2. The molecule has 0 amide bonds. The van der Waals surface area contributed by atoms with Gasteiger partial charge in [-0.2, -0.15) is 0 Å². The van der Waals surface area contributed by atoms with Crippen molar-refractivity contribution >= 4 is 26.0 Å². The molecule has 0 saturated heterocycles. The Kier molecular flexibility index (Phi) is 3.66. The molecule has 5 heteroatoms. The first-order valence-electron chi connectivity index (χ1n) is 5.27. The van der Waals surface area contributed by atoms with E-state index in [0.717, 1.165) is 18.4 Å². The van der Waals surface area contributed by atoms with Crippen LogP contribution in [0.2, 0.25) is 0 Å². The lowest BCUT2D eigenvalue weighted by Crippen LogP contribution is -2.29. The Bertz CT molecular complexity index is 442. The van der Waals surface area contributed by atoms with Crippen LogP contribution in [-0.4, -0.2) is 20.2 Å². The average Bonchev–Trinajstić information content (AvgIpc) is 3.11. The van der Waals surface area contributed by atoms with Gasteiger partial charge in [0.2, 0.25) is 10.0 Å². The molecule has 0 spiro atoms. The average molecular weight is 304 g/mol. The predicted octanol–water partition coefficient (Wildman–Crippen LogP) is 2.20. The lowest BCUT2D eigenvalue weighted by atomic mass is 10.2. The Morgan fingerprint density at radius 1 is 1.31 bits per heavy atom. The molecule has 1 fully saturated rings. The van der Waals surface area contributed by atoms with Gasteiger partial charge in [-0.3, -0.25) is 0 Å². The summed E-state index contributed by atoms with van der Waals surface area (Å²) >= 11 is 3.48. The fourth-order valence-electron chi connectivity index (χ4n) is 1.47. The van der Waals surface area contributed by atoms with Crippen LogP contribution in [0.1, 0.15) is 23.2 Å². The maximum atomic E-state index is 11.6. The van der Waals surface area contributed by atoms with Gasteiger partial charge in [-0.25, -0.2) is 13.1 Å². The van der Waals surface area contributed by atoms with Gasteiger partial charge in [-0.05, 0) is 18.4 Å². The van der Waals surface area contributed by atoms with Gasteiger partial charge in [0, 0.05) is 6.54 Å². The van der Waals surface area contributed by atoms with E-state index in [2.05, 4.69) is 20.7 Å². The van der Waals surface area contributed by atoms with E-state index in [1.54, 1.807) is 0 Å². The van der Waals surface area contributed by atoms with Gasteiger partial charge >= 0.3 is 0 Å². The zero-order valence-electron chi connectivity index (χ0n) is 8.77. The molecule has 1 unspecified atom stereocenters. The van der Waals surface area contributed by atoms with Crippen LogP contribution in [0.4, 0.5) is 0 Å². The molecule has 16 heavy (non-hydrogen) atoms. The van der Waals surface area contributed by atoms with E-state index in [0.29, 0.717) is 6.54 Å². The Hall–Kier alpha value is -0.390. The highest BCUT2D eigenvalue weighted by atomic mass is 79.9. The van der Waals surface area contributed by atoms with E-state index >= 15 is 0 Å². The highest BCUT2D eigenvalue weighted by molar-refractivity contribution is 9.09. The quantitative estimate of drug-likeness (QED) is 0.848. The minimum atomic E-state index is -3.07. The second-order valence-corrected chi connectivity index (χ2v) is 7.12. The van der Waals surface area contributed by atoms with E-state index in [4.69, 9.17) is 0 Å². The number of halogens is 1. The Balaban J connectivity index is 1.91. The van der Waals surface area contributed by atoms with Crippen LogP contribution >= 0.6 is 15.9 Å². The van der Waals surface area contributed by atoms with E-state index in [1.165, 1.54) is 0 Å². The zero-order chi connectivity index (χ0) is 11.6. The van der Waals surface area contributed by atoms with Crippen LogP contribution in [0.25, 0.3) is 0 Å². The van der Waals surface area contributed by atoms with Crippen LogP contribution in [0.5, 0.6) is 0 Å². The highest BCUT2D eigenvalue weighted by Gasteiger charge is 2.35. The van der Waals surface area contributed by atoms with E-state index in [9.17, 15) is 8.42 Å². The summed E-state index contributed by atoms with van der Waals surface area (Å²) < 4.78 is 25.8. The molecule has 1 saturated carbocycles. The number of alkyl halides is 1. The van der Waals surface area contributed by atoms with Crippen molar-refractivity contribution in [2.45, 2.75) is 22.9 Å². The summed E-state index contributed by atoms with van der Waals surface area (Å²) in [4.78, 5) is 0.0298. The molecule has 3 nitrogen and oxygen atoms in total. The van der Waals surface area contributed by atoms with Crippen molar-refractivity contribution in [2.24, 2.45) is 0 Å². The Labute approximate surface area is 104 Å². The van der Waals surface area contributed by atoms with Crippen molar-refractivity contribution < 1.29 is 8.42 Å². The molecule has 0 radical (unpaired) electrons. The van der Waals surface area contributed by atoms with Gasteiger partial charge < -0.3 is 0 Å². The summed E-state index contributed by atoms with van der Waals surface area (Å²) in [6.07, 6.45) is 1.60. The third kappa shape index (κ3) is 3.06.